The first-order valence-corrected chi connectivity index (χ1v) is 11.3. The van der Waals surface area contributed by atoms with Crippen molar-refractivity contribution < 1.29 is 17.5 Å². The van der Waals surface area contributed by atoms with Crippen LogP contribution in [0.1, 0.15) is 49.3 Å². The van der Waals surface area contributed by atoms with Gasteiger partial charge in [-0.15, -0.1) is 0 Å². The Bertz CT molecular complexity index is 942. The van der Waals surface area contributed by atoms with Crippen molar-refractivity contribution in [2.45, 2.75) is 52.1 Å². The van der Waals surface area contributed by atoms with E-state index in [1.165, 1.54) is 12.3 Å². The second-order valence-electron chi connectivity index (χ2n) is 7.61. The number of sulfonamides is 1. The molecule has 0 spiro atoms. The maximum atomic E-state index is 14.7. The lowest BCUT2D eigenvalue weighted by Gasteiger charge is -2.27. The first-order valence-electron chi connectivity index (χ1n) is 9.44. The van der Waals surface area contributed by atoms with Crippen LogP contribution < -0.4 is 9.46 Å². The molecule has 1 saturated carbocycles. The summed E-state index contributed by atoms with van der Waals surface area (Å²) in [5.74, 6) is 0.491. The third-order valence-electron chi connectivity index (χ3n) is 5.16. The number of halogens is 1. The SMILES string of the molecule is Cc1c(Cc2ccnc(NS(C)(=O)=O)c2F)cncc1OC1CCC(C)CC1. The molecule has 1 aliphatic carbocycles. The van der Waals surface area contributed by atoms with Crippen molar-refractivity contribution in [1.29, 1.82) is 0 Å². The van der Waals surface area contributed by atoms with Crippen LogP contribution >= 0.6 is 0 Å². The summed E-state index contributed by atoms with van der Waals surface area (Å²) in [4.78, 5) is 8.04. The molecule has 0 radical (unpaired) electrons. The molecule has 6 nitrogen and oxygen atoms in total. The van der Waals surface area contributed by atoms with Gasteiger partial charge in [-0.1, -0.05) is 6.92 Å². The molecule has 0 unspecified atom stereocenters. The topological polar surface area (TPSA) is 81.2 Å². The van der Waals surface area contributed by atoms with E-state index in [1.54, 1.807) is 12.4 Å². The van der Waals surface area contributed by atoms with Crippen LogP contribution in [0.2, 0.25) is 0 Å². The summed E-state index contributed by atoms with van der Waals surface area (Å²) in [6, 6.07) is 1.54. The van der Waals surface area contributed by atoms with Crippen LogP contribution in [0.5, 0.6) is 5.75 Å². The second kappa shape index (κ2) is 8.43. The zero-order chi connectivity index (χ0) is 20.3. The van der Waals surface area contributed by atoms with E-state index < -0.39 is 15.8 Å². The number of anilines is 1. The minimum atomic E-state index is -3.61. The zero-order valence-corrected chi connectivity index (χ0v) is 17.2. The highest BCUT2D eigenvalue weighted by molar-refractivity contribution is 7.92. The van der Waals surface area contributed by atoms with Gasteiger partial charge in [-0.2, -0.15) is 0 Å². The van der Waals surface area contributed by atoms with Gasteiger partial charge in [-0.3, -0.25) is 9.71 Å². The quantitative estimate of drug-likeness (QED) is 0.787. The monoisotopic (exact) mass is 407 g/mol. The number of pyridine rings is 2. The van der Waals surface area contributed by atoms with Gasteiger partial charge in [0.25, 0.3) is 0 Å². The second-order valence-corrected chi connectivity index (χ2v) is 9.35. The molecule has 0 atom stereocenters. The molecule has 8 heteroatoms. The van der Waals surface area contributed by atoms with E-state index in [1.807, 2.05) is 6.92 Å². The van der Waals surface area contributed by atoms with Crippen LogP contribution in [-0.4, -0.2) is 30.7 Å². The standard InChI is InChI=1S/C20H26FN3O3S/c1-13-4-6-17(7-5-13)27-18-12-22-11-16(14(18)2)10-15-8-9-23-20(19(15)21)24-28(3,25)26/h8-9,11-13,17H,4-7,10H2,1-3H3,(H,23,24). The van der Waals surface area contributed by atoms with Gasteiger partial charge in [-0.05, 0) is 61.3 Å². The summed E-state index contributed by atoms with van der Waals surface area (Å²) >= 11 is 0. The lowest BCUT2D eigenvalue weighted by Crippen LogP contribution is -2.23. The third kappa shape index (κ3) is 5.19. The Hall–Kier alpha value is -2.22. The Morgan fingerprint density at radius 2 is 1.93 bits per heavy atom. The van der Waals surface area contributed by atoms with E-state index >= 15 is 0 Å². The van der Waals surface area contributed by atoms with E-state index in [4.69, 9.17) is 4.74 Å². The van der Waals surface area contributed by atoms with Gasteiger partial charge < -0.3 is 4.74 Å². The van der Waals surface area contributed by atoms with Gasteiger partial charge in [-0.25, -0.2) is 17.8 Å². The van der Waals surface area contributed by atoms with Gasteiger partial charge >= 0.3 is 0 Å². The number of rotatable bonds is 6. The molecular formula is C20H26FN3O3S. The summed E-state index contributed by atoms with van der Waals surface area (Å²) in [6.07, 6.45) is 10.6. The number of nitrogens with zero attached hydrogens (tertiary/aromatic N) is 2. The number of hydrogen-bond acceptors (Lipinski definition) is 5. The van der Waals surface area contributed by atoms with Gasteiger partial charge in [0.05, 0.1) is 18.6 Å². The zero-order valence-electron chi connectivity index (χ0n) is 16.4. The van der Waals surface area contributed by atoms with Crippen LogP contribution in [0.3, 0.4) is 0 Å². The van der Waals surface area contributed by atoms with Crippen LogP contribution in [0.4, 0.5) is 10.2 Å². The molecule has 3 rings (SSSR count). The normalized spacial score (nSPS) is 20.0. The first kappa shape index (κ1) is 20.5. The lowest BCUT2D eigenvalue weighted by atomic mass is 9.89. The molecule has 0 amide bonds. The fourth-order valence-electron chi connectivity index (χ4n) is 3.44. The summed E-state index contributed by atoms with van der Waals surface area (Å²) in [5, 5.41) is 0. The summed E-state index contributed by atoms with van der Waals surface area (Å²) in [6.45, 7) is 4.20. The number of aromatic nitrogens is 2. The molecule has 152 valence electrons. The molecule has 0 saturated heterocycles. The van der Waals surface area contributed by atoms with Gasteiger partial charge in [0.15, 0.2) is 11.6 Å². The Morgan fingerprint density at radius 1 is 1.21 bits per heavy atom. The highest BCUT2D eigenvalue weighted by atomic mass is 32.2. The van der Waals surface area contributed by atoms with Crippen molar-refractivity contribution in [2.75, 3.05) is 11.0 Å². The van der Waals surface area contributed by atoms with E-state index in [0.29, 0.717) is 5.56 Å². The Balaban J connectivity index is 1.79. The smallest absolute Gasteiger partial charge is 0.231 e. The van der Waals surface area contributed by atoms with Crippen molar-refractivity contribution in [3.05, 3.63) is 47.2 Å². The molecule has 28 heavy (non-hydrogen) atoms. The largest absolute Gasteiger partial charge is 0.489 e. The van der Waals surface area contributed by atoms with Crippen LogP contribution in [0.15, 0.2) is 24.7 Å². The molecule has 1 N–H and O–H groups in total. The van der Waals surface area contributed by atoms with E-state index in [9.17, 15) is 12.8 Å². The van der Waals surface area contributed by atoms with E-state index in [2.05, 4.69) is 21.6 Å². The van der Waals surface area contributed by atoms with Gasteiger partial charge in [0.2, 0.25) is 10.0 Å². The molecule has 0 aliphatic heterocycles. The number of ether oxygens (including phenoxy) is 1. The van der Waals surface area contributed by atoms with E-state index in [0.717, 1.165) is 54.7 Å². The molecule has 2 aromatic rings. The average Bonchev–Trinajstić information content (AvgIpc) is 2.62. The van der Waals surface area contributed by atoms with Crippen LogP contribution in [0, 0.1) is 18.7 Å². The third-order valence-corrected chi connectivity index (χ3v) is 5.73. The molecule has 0 bridgehead atoms. The predicted molar refractivity (Wildman–Crippen MR) is 106 cm³/mol. The molecule has 0 aromatic carbocycles. The maximum Gasteiger partial charge on any atom is 0.231 e. The van der Waals surface area contributed by atoms with Crippen molar-refractivity contribution >= 4 is 15.8 Å². The number of hydrogen-bond donors (Lipinski definition) is 1. The fraction of sp³-hybridized carbons (Fsp3) is 0.500. The molecule has 1 fully saturated rings. The Labute approximate surface area is 165 Å². The minimum absolute atomic E-state index is 0.190. The Kier molecular flexibility index (Phi) is 6.17. The predicted octanol–water partition coefficient (Wildman–Crippen LogP) is 3.84. The van der Waals surface area contributed by atoms with Crippen LogP contribution in [0.25, 0.3) is 0 Å². The highest BCUT2D eigenvalue weighted by Gasteiger charge is 2.21. The van der Waals surface area contributed by atoms with E-state index in [-0.39, 0.29) is 18.3 Å². The van der Waals surface area contributed by atoms with Crippen molar-refractivity contribution in [3.8, 4) is 5.75 Å². The minimum Gasteiger partial charge on any atom is -0.489 e. The fourth-order valence-corrected chi connectivity index (χ4v) is 3.94. The van der Waals surface area contributed by atoms with Crippen molar-refractivity contribution in [2.24, 2.45) is 5.92 Å². The lowest BCUT2D eigenvalue weighted by molar-refractivity contribution is 0.134. The highest BCUT2D eigenvalue weighted by Crippen LogP contribution is 2.30. The van der Waals surface area contributed by atoms with Gasteiger partial charge in [0, 0.05) is 18.8 Å². The molecule has 1 aliphatic rings. The van der Waals surface area contributed by atoms with Crippen LogP contribution in [-0.2, 0) is 16.4 Å². The average molecular weight is 408 g/mol. The number of nitrogens with one attached hydrogen (secondary N) is 1. The Morgan fingerprint density at radius 3 is 2.61 bits per heavy atom. The van der Waals surface area contributed by atoms with Crippen molar-refractivity contribution in [1.82, 2.24) is 9.97 Å². The molecular weight excluding hydrogens is 381 g/mol. The maximum absolute atomic E-state index is 14.7. The summed E-state index contributed by atoms with van der Waals surface area (Å²) in [5.41, 5.74) is 2.09. The summed E-state index contributed by atoms with van der Waals surface area (Å²) in [7, 11) is -3.61. The molecule has 2 aromatic heterocycles. The molecule has 2 heterocycles. The van der Waals surface area contributed by atoms with Gasteiger partial charge in [0.1, 0.15) is 5.75 Å². The first-order chi connectivity index (χ1) is 13.2. The summed E-state index contributed by atoms with van der Waals surface area (Å²) < 4.78 is 45.7. The van der Waals surface area contributed by atoms with Crippen molar-refractivity contribution in [3.63, 3.8) is 0 Å².